The van der Waals surface area contributed by atoms with Crippen molar-refractivity contribution in [2.75, 3.05) is 40.3 Å². The number of nitrogens with zero attached hydrogens (tertiary/aromatic N) is 2. The highest BCUT2D eigenvalue weighted by Crippen LogP contribution is 2.30. The number of carbonyl (C=O) groups excluding carboxylic acids is 2. The van der Waals surface area contributed by atoms with Gasteiger partial charge in [-0.05, 0) is 72.0 Å². The quantitative estimate of drug-likeness (QED) is 0.759. The number of nitrogens with one attached hydrogen (secondary N) is 1. The maximum atomic E-state index is 12.5. The summed E-state index contributed by atoms with van der Waals surface area (Å²) in [5.74, 6) is 0.799. The second-order valence-electron chi connectivity index (χ2n) is 7.38. The van der Waals surface area contributed by atoms with Gasteiger partial charge in [0.05, 0.1) is 0 Å². The predicted octanol–water partition coefficient (Wildman–Crippen LogP) is 1.87. The predicted molar refractivity (Wildman–Crippen MR) is 92.1 cm³/mol. The van der Waals surface area contributed by atoms with Gasteiger partial charge in [-0.1, -0.05) is 0 Å². The van der Waals surface area contributed by atoms with E-state index in [0.29, 0.717) is 5.91 Å². The third kappa shape index (κ3) is 5.79. The molecule has 132 valence electrons. The topological polar surface area (TPSA) is 52.7 Å². The van der Waals surface area contributed by atoms with Crippen LogP contribution in [0.2, 0.25) is 0 Å². The maximum Gasteiger partial charge on any atom is 0.225 e. The Labute approximate surface area is 140 Å². The molecular weight excluding hydrogens is 290 g/mol. The fraction of sp³-hybridized carbons (Fsp3) is 0.889. The van der Waals surface area contributed by atoms with Gasteiger partial charge in [-0.15, -0.1) is 0 Å². The van der Waals surface area contributed by atoms with E-state index in [0.717, 1.165) is 71.1 Å². The van der Waals surface area contributed by atoms with Gasteiger partial charge in [-0.3, -0.25) is 9.59 Å². The molecule has 1 saturated carbocycles. The lowest BCUT2D eigenvalue weighted by atomic mass is 9.80. The lowest BCUT2D eigenvalue weighted by Crippen LogP contribution is -2.42. The van der Waals surface area contributed by atoms with Crippen molar-refractivity contribution < 1.29 is 9.59 Å². The molecule has 2 fully saturated rings. The largest absolute Gasteiger partial charge is 0.356 e. The first-order chi connectivity index (χ1) is 11.1. The van der Waals surface area contributed by atoms with Crippen molar-refractivity contribution in [1.82, 2.24) is 15.1 Å². The Bertz CT molecular complexity index is 384. The summed E-state index contributed by atoms with van der Waals surface area (Å²) in [6, 6.07) is 0. The molecule has 2 amide bonds. The molecule has 5 heteroatoms. The Kier molecular flexibility index (Phi) is 7.34. The number of carbonyl (C=O) groups is 2. The Morgan fingerprint density at radius 2 is 1.61 bits per heavy atom. The average molecular weight is 323 g/mol. The summed E-state index contributed by atoms with van der Waals surface area (Å²) in [7, 11) is 4.09. The van der Waals surface area contributed by atoms with Gasteiger partial charge < -0.3 is 15.1 Å². The van der Waals surface area contributed by atoms with Crippen molar-refractivity contribution in [3.8, 4) is 0 Å². The zero-order valence-electron chi connectivity index (χ0n) is 14.9. The van der Waals surface area contributed by atoms with Crippen molar-refractivity contribution in [3.05, 3.63) is 0 Å². The molecule has 2 rings (SSSR count). The van der Waals surface area contributed by atoms with Gasteiger partial charge in [0, 0.05) is 31.5 Å². The number of piperidine rings is 1. The molecule has 0 aromatic carbocycles. The van der Waals surface area contributed by atoms with Crippen LogP contribution in [0.4, 0.5) is 0 Å². The molecule has 0 bridgehead atoms. The SMILES string of the molecule is CN(C)CCCNC(=O)C1CCC(C(=O)N2CCCCC2)CC1. The highest BCUT2D eigenvalue weighted by molar-refractivity contribution is 5.81. The number of likely N-dealkylation sites (tertiary alicyclic amines) is 1. The molecule has 0 aromatic heterocycles. The zero-order valence-corrected chi connectivity index (χ0v) is 14.9. The summed E-state index contributed by atoms with van der Waals surface area (Å²) in [5.41, 5.74) is 0. The average Bonchev–Trinajstić information content (AvgIpc) is 2.58. The lowest BCUT2D eigenvalue weighted by molar-refractivity contribution is -0.139. The highest BCUT2D eigenvalue weighted by Gasteiger charge is 2.32. The molecule has 1 aliphatic carbocycles. The van der Waals surface area contributed by atoms with Gasteiger partial charge >= 0.3 is 0 Å². The van der Waals surface area contributed by atoms with Crippen molar-refractivity contribution in [1.29, 1.82) is 0 Å². The van der Waals surface area contributed by atoms with E-state index < -0.39 is 0 Å². The number of hydrogen-bond acceptors (Lipinski definition) is 3. The highest BCUT2D eigenvalue weighted by atomic mass is 16.2. The molecule has 0 unspecified atom stereocenters. The van der Waals surface area contributed by atoms with E-state index in [-0.39, 0.29) is 17.7 Å². The van der Waals surface area contributed by atoms with E-state index in [4.69, 9.17) is 0 Å². The molecule has 1 aliphatic heterocycles. The van der Waals surface area contributed by atoms with Gasteiger partial charge in [0.15, 0.2) is 0 Å². The van der Waals surface area contributed by atoms with E-state index >= 15 is 0 Å². The van der Waals surface area contributed by atoms with Crippen LogP contribution < -0.4 is 5.32 Å². The third-order valence-electron chi connectivity index (χ3n) is 5.20. The maximum absolute atomic E-state index is 12.5. The number of amides is 2. The van der Waals surface area contributed by atoms with Crippen LogP contribution >= 0.6 is 0 Å². The monoisotopic (exact) mass is 323 g/mol. The van der Waals surface area contributed by atoms with E-state index in [9.17, 15) is 9.59 Å². The molecule has 2 aliphatic rings. The third-order valence-corrected chi connectivity index (χ3v) is 5.20. The molecule has 0 aromatic rings. The van der Waals surface area contributed by atoms with Crippen LogP contribution in [0.3, 0.4) is 0 Å². The van der Waals surface area contributed by atoms with Crippen molar-refractivity contribution in [3.63, 3.8) is 0 Å². The lowest BCUT2D eigenvalue weighted by Gasteiger charge is -2.33. The fourth-order valence-electron chi connectivity index (χ4n) is 3.73. The van der Waals surface area contributed by atoms with E-state index in [1.54, 1.807) is 0 Å². The first kappa shape index (κ1) is 18.2. The number of hydrogen-bond donors (Lipinski definition) is 1. The van der Waals surface area contributed by atoms with Crippen LogP contribution in [0, 0.1) is 11.8 Å². The normalized spacial score (nSPS) is 25.4. The molecule has 23 heavy (non-hydrogen) atoms. The Hall–Kier alpha value is -1.10. The summed E-state index contributed by atoms with van der Waals surface area (Å²) in [4.78, 5) is 28.9. The fourth-order valence-corrected chi connectivity index (χ4v) is 3.73. The summed E-state index contributed by atoms with van der Waals surface area (Å²) < 4.78 is 0. The molecular formula is C18H33N3O2. The van der Waals surface area contributed by atoms with Gasteiger partial charge in [-0.25, -0.2) is 0 Å². The van der Waals surface area contributed by atoms with Crippen molar-refractivity contribution >= 4 is 11.8 Å². The molecule has 0 spiro atoms. The van der Waals surface area contributed by atoms with Crippen LogP contribution in [0.15, 0.2) is 0 Å². The van der Waals surface area contributed by atoms with Crippen LogP contribution in [0.5, 0.6) is 0 Å². The second kappa shape index (κ2) is 9.26. The van der Waals surface area contributed by atoms with E-state index in [1.807, 2.05) is 14.1 Å². The zero-order chi connectivity index (χ0) is 16.7. The van der Waals surface area contributed by atoms with Crippen LogP contribution in [0.1, 0.15) is 51.4 Å². The first-order valence-electron chi connectivity index (χ1n) is 9.29. The summed E-state index contributed by atoms with van der Waals surface area (Å²) in [5, 5.41) is 3.05. The van der Waals surface area contributed by atoms with Crippen LogP contribution in [-0.4, -0.2) is 61.9 Å². The molecule has 0 radical (unpaired) electrons. The van der Waals surface area contributed by atoms with Gasteiger partial charge in [-0.2, -0.15) is 0 Å². The minimum atomic E-state index is 0.111. The second-order valence-corrected chi connectivity index (χ2v) is 7.38. The van der Waals surface area contributed by atoms with Crippen LogP contribution in [0.25, 0.3) is 0 Å². The molecule has 1 N–H and O–H groups in total. The van der Waals surface area contributed by atoms with E-state index in [2.05, 4.69) is 15.1 Å². The standard InChI is InChI=1S/C18H33N3O2/c1-20(2)12-6-11-19-17(22)15-7-9-16(10-8-15)18(23)21-13-4-3-5-14-21/h15-16H,3-14H2,1-2H3,(H,19,22). The number of rotatable bonds is 6. The Morgan fingerprint density at radius 1 is 1.00 bits per heavy atom. The van der Waals surface area contributed by atoms with Crippen LogP contribution in [-0.2, 0) is 9.59 Å². The van der Waals surface area contributed by atoms with Gasteiger partial charge in [0.1, 0.15) is 0 Å². The Balaban J connectivity index is 1.66. The first-order valence-corrected chi connectivity index (χ1v) is 9.29. The minimum absolute atomic E-state index is 0.111. The van der Waals surface area contributed by atoms with Crippen molar-refractivity contribution in [2.24, 2.45) is 11.8 Å². The summed E-state index contributed by atoms with van der Waals surface area (Å²) in [6.45, 7) is 3.62. The molecule has 5 nitrogen and oxygen atoms in total. The summed E-state index contributed by atoms with van der Waals surface area (Å²) in [6.07, 6.45) is 8.03. The smallest absolute Gasteiger partial charge is 0.225 e. The molecule has 0 atom stereocenters. The minimum Gasteiger partial charge on any atom is -0.356 e. The molecule has 1 saturated heterocycles. The van der Waals surface area contributed by atoms with Crippen molar-refractivity contribution in [2.45, 2.75) is 51.4 Å². The van der Waals surface area contributed by atoms with E-state index in [1.165, 1.54) is 6.42 Å². The van der Waals surface area contributed by atoms with Gasteiger partial charge in [0.2, 0.25) is 11.8 Å². The van der Waals surface area contributed by atoms with Gasteiger partial charge in [0.25, 0.3) is 0 Å². The summed E-state index contributed by atoms with van der Waals surface area (Å²) >= 11 is 0. The molecule has 1 heterocycles. The Morgan fingerprint density at radius 3 is 2.22 bits per heavy atom.